The molecule has 1 aliphatic rings. The molecule has 0 unspecified atom stereocenters. The van der Waals surface area contributed by atoms with Gasteiger partial charge in [-0.15, -0.1) is 11.3 Å². The zero-order chi connectivity index (χ0) is 13.0. The van der Waals surface area contributed by atoms with Gasteiger partial charge in [-0.25, -0.2) is 10.4 Å². The summed E-state index contributed by atoms with van der Waals surface area (Å²) in [4.78, 5) is 16.0. The van der Waals surface area contributed by atoms with E-state index in [1.165, 1.54) is 30.6 Å². The number of carbonyl (C=O) groups is 1. The van der Waals surface area contributed by atoms with Crippen molar-refractivity contribution in [2.45, 2.75) is 46.0 Å². The molecule has 0 saturated heterocycles. The number of nitrogens with one attached hydrogen (secondary N) is 1. The number of thiazole rings is 1. The van der Waals surface area contributed by atoms with Gasteiger partial charge in [0.15, 0.2) is 0 Å². The molecule has 4 nitrogen and oxygen atoms in total. The molecule has 1 fully saturated rings. The van der Waals surface area contributed by atoms with E-state index in [2.05, 4.69) is 22.4 Å². The van der Waals surface area contributed by atoms with Crippen LogP contribution in [0, 0.1) is 12.8 Å². The molecule has 1 heterocycles. The molecule has 5 heteroatoms. The van der Waals surface area contributed by atoms with E-state index in [4.69, 9.17) is 0 Å². The van der Waals surface area contributed by atoms with E-state index in [0.29, 0.717) is 12.3 Å². The lowest BCUT2D eigenvalue weighted by molar-refractivity contribution is -0.120. The van der Waals surface area contributed by atoms with Gasteiger partial charge in [0.1, 0.15) is 5.01 Å². The van der Waals surface area contributed by atoms with E-state index in [1.54, 1.807) is 0 Å². The average molecular weight is 265 g/mol. The monoisotopic (exact) mass is 265 g/mol. The minimum absolute atomic E-state index is 0.0744. The summed E-state index contributed by atoms with van der Waals surface area (Å²) in [5, 5.41) is 7.07. The molecule has 0 aromatic carbocycles. The number of aromatic nitrogens is 1. The Balaban J connectivity index is 1.85. The Labute approximate surface area is 112 Å². The van der Waals surface area contributed by atoms with Crippen LogP contribution in [0.5, 0.6) is 0 Å². The predicted octanol–water partition coefficient (Wildman–Crippen LogP) is 2.68. The van der Waals surface area contributed by atoms with Crippen molar-refractivity contribution in [2.24, 2.45) is 11.0 Å². The predicted molar refractivity (Wildman–Crippen MR) is 73.8 cm³/mol. The number of aryl methyl sites for hydroxylation is 1. The molecule has 2 rings (SSSR count). The van der Waals surface area contributed by atoms with Crippen molar-refractivity contribution in [3.05, 3.63) is 16.1 Å². The fraction of sp³-hybridized carbons (Fsp3) is 0.615. The topological polar surface area (TPSA) is 54.4 Å². The highest BCUT2D eigenvalue weighted by Gasteiger charge is 2.16. The van der Waals surface area contributed by atoms with Gasteiger partial charge in [0.05, 0.1) is 6.42 Å². The maximum absolute atomic E-state index is 11.7. The van der Waals surface area contributed by atoms with Crippen molar-refractivity contribution in [2.75, 3.05) is 0 Å². The van der Waals surface area contributed by atoms with Crippen molar-refractivity contribution in [1.29, 1.82) is 0 Å². The molecule has 1 aromatic rings. The van der Waals surface area contributed by atoms with Crippen molar-refractivity contribution < 1.29 is 4.79 Å². The fourth-order valence-electron chi connectivity index (χ4n) is 2.13. The molecular formula is C13H19N3OS. The Morgan fingerprint density at radius 2 is 2.44 bits per heavy atom. The quantitative estimate of drug-likeness (QED) is 0.854. The molecule has 1 saturated carbocycles. The Bertz CT molecular complexity index is 453. The van der Waals surface area contributed by atoms with Crippen LogP contribution in [-0.2, 0) is 11.2 Å². The maximum Gasteiger partial charge on any atom is 0.246 e. The number of hydrogen-bond acceptors (Lipinski definition) is 4. The van der Waals surface area contributed by atoms with Crippen molar-refractivity contribution in [1.82, 2.24) is 10.4 Å². The lowest BCUT2D eigenvalue weighted by atomic mass is 9.89. The van der Waals surface area contributed by atoms with Crippen LogP contribution < -0.4 is 5.43 Å². The minimum Gasteiger partial charge on any atom is -0.273 e. The SMILES string of the molecule is Cc1csc(CC(=O)NN=C2CCCC[C@@H]2C)n1. The van der Waals surface area contributed by atoms with E-state index in [1.807, 2.05) is 12.3 Å². The third-order valence-electron chi connectivity index (χ3n) is 3.19. The standard InChI is InChI=1S/C13H19N3OS/c1-9-5-3-4-6-11(9)15-16-12(17)7-13-14-10(2)8-18-13/h8-9H,3-7H2,1-2H3,(H,16,17)/t9-/m0/s1. The first-order valence-electron chi connectivity index (χ1n) is 6.41. The van der Waals surface area contributed by atoms with Gasteiger partial charge >= 0.3 is 0 Å². The third-order valence-corrected chi connectivity index (χ3v) is 4.16. The zero-order valence-electron chi connectivity index (χ0n) is 10.9. The lowest BCUT2D eigenvalue weighted by Gasteiger charge is -2.19. The summed E-state index contributed by atoms with van der Waals surface area (Å²) < 4.78 is 0. The van der Waals surface area contributed by atoms with Gasteiger partial charge in [-0.1, -0.05) is 13.3 Å². The number of hydrazone groups is 1. The van der Waals surface area contributed by atoms with Crippen LogP contribution >= 0.6 is 11.3 Å². The van der Waals surface area contributed by atoms with Gasteiger partial charge in [0.25, 0.3) is 0 Å². The van der Waals surface area contributed by atoms with Crippen LogP contribution in [-0.4, -0.2) is 16.6 Å². The summed E-state index contributed by atoms with van der Waals surface area (Å²) in [6.45, 7) is 4.11. The molecular weight excluding hydrogens is 246 g/mol. The maximum atomic E-state index is 11.7. The van der Waals surface area contributed by atoms with Gasteiger partial charge in [0.2, 0.25) is 5.91 Å². The second kappa shape index (κ2) is 6.09. The number of nitrogens with zero attached hydrogens (tertiary/aromatic N) is 2. The van der Waals surface area contributed by atoms with Crippen LogP contribution in [0.2, 0.25) is 0 Å². The summed E-state index contributed by atoms with van der Waals surface area (Å²) in [7, 11) is 0. The first-order valence-corrected chi connectivity index (χ1v) is 7.29. The molecule has 1 amide bonds. The van der Waals surface area contributed by atoms with Crippen LogP contribution in [0.4, 0.5) is 0 Å². The first-order chi connectivity index (χ1) is 8.65. The van der Waals surface area contributed by atoms with E-state index in [9.17, 15) is 4.79 Å². The van der Waals surface area contributed by atoms with Crippen LogP contribution in [0.15, 0.2) is 10.5 Å². The highest BCUT2D eigenvalue weighted by molar-refractivity contribution is 7.09. The number of hydrogen-bond donors (Lipinski definition) is 1. The van der Waals surface area contributed by atoms with Gasteiger partial charge in [-0.05, 0) is 32.1 Å². The molecule has 0 spiro atoms. The molecule has 1 aliphatic carbocycles. The van der Waals surface area contributed by atoms with E-state index in [-0.39, 0.29) is 5.91 Å². The van der Waals surface area contributed by atoms with Gasteiger partial charge in [-0.2, -0.15) is 5.10 Å². The Morgan fingerprint density at radius 3 is 3.11 bits per heavy atom. The summed E-state index contributed by atoms with van der Waals surface area (Å²) in [5.74, 6) is 0.427. The highest BCUT2D eigenvalue weighted by Crippen LogP contribution is 2.20. The molecule has 1 atom stereocenters. The Morgan fingerprint density at radius 1 is 1.61 bits per heavy atom. The van der Waals surface area contributed by atoms with Crippen molar-refractivity contribution in [3.8, 4) is 0 Å². The summed E-state index contributed by atoms with van der Waals surface area (Å²) in [6.07, 6.45) is 4.97. The van der Waals surface area contributed by atoms with Crippen LogP contribution in [0.1, 0.15) is 43.3 Å². The smallest absolute Gasteiger partial charge is 0.246 e. The minimum atomic E-state index is -0.0744. The Kier molecular flexibility index (Phi) is 4.47. The molecule has 1 N–H and O–H groups in total. The van der Waals surface area contributed by atoms with E-state index >= 15 is 0 Å². The van der Waals surface area contributed by atoms with Gasteiger partial charge in [0, 0.05) is 16.8 Å². The zero-order valence-corrected chi connectivity index (χ0v) is 11.7. The Hall–Kier alpha value is -1.23. The number of rotatable bonds is 3. The van der Waals surface area contributed by atoms with Crippen LogP contribution in [0.3, 0.4) is 0 Å². The summed E-state index contributed by atoms with van der Waals surface area (Å²) in [5.41, 5.74) is 4.75. The fourth-order valence-corrected chi connectivity index (χ4v) is 2.90. The number of carbonyl (C=O) groups excluding carboxylic acids is 1. The van der Waals surface area contributed by atoms with Crippen molar-refractivity contribution >= 4 is 23.0 Å². The second-order valence-corrected chi connectivity index (χ2v) is 5.79. The average Bonchev–Trinajstić information content (AvgIpc) is 2.74. The highest BCUT2D eigenvalue weighted by atomic mass is 32.1. The normalized spacial score (nSPS) is 22.1. The molecule has 0 bridgehead atoms. The van der Waals surface area contributed by atoms with E-state index < -0.39 is 0 Å². The van der Waals surface area contributed by atoms with Gasteiger partial charge in [-0.3, -0.25) is 4.79 Å². The van der Waals surface area contributed by atoms with Crippen LogP contribution in [0.25, 0.3) is 0 Å². The van der Waals surface area contributed by atoms with E-state index in [0.717, 1.165) is 22.8 Å². The third kappa shape index (κ3) is 3.63. The first kappa shape index (κ1) is 13.2. The molecule has 0 radical (unpaired) electrons. The lowest BCUT2D eigenvalue weighted by Crippen LogP contribution is -2.25. The van der Waals surface area contributed by atoms with Gasteiger partial charge < -0.3 is 0 Å². The second-order valence-electron chi connectivity index (χ2n) is 4.84. The molecule has 1 aromatic heterocycles. The molecule has 0 aliphatic heterocycles. The largest absolute Gasteiger partial charge is 0.273 e. The molecule has 18 heavy (non-hydrogen) atoms. The van der Waals surface area contributed by atoms with Crippen molar-refractivity contribution in [3.63, 3.8) is 0 Å². The summed E-state index contributed by atoms with van der Waals surface area (Å²) in [6, 6.07) is 0. The molecule has 98 valence electrons. The number of amides is 1. The summed E-state index contributed by atoms with van der Waals surface area (Å²) >= 11 is 1.52.